The largest absolute Gasteiger partial charge is 0.0616 e. The van der Waals surface area contributed by atoms with Crippen molar-refractivity contribution in [3.63, 3.8) is 0 Å². The van der Waals surface area contributed by atoms with Crippen LogP contribution in [0.4, 0.5) is 0 Å². The molecule has 0 aliphatic heterocycles. The van der Waals surface area contributed by atoms with Gasteiger partial charge >= 0.3 is 0 Å². The van der Waals surface area contributed by atoms with Crippen LogP contribution in [0.2, 0.25) is 0 Å². The Bertz CT molecular complexity index is 3410. The monoisotopic (exact) mass is 722 g/mol. The number of fused-ring (bicyclic) bond motifs is 13. The summed E-state index contributed by atoms with van der Waals surface area (Å²) in [5, 5.41) is 15.6. The number of hydrogen-bond acceptors (Lipinski definition) is 0. The smallest absolute Gasteiger partial charge is 0.0171 e. The summed E-state index contributed by atoms with van der Waals surface area (Å²) in [6.45, 7) is 4.85. The Morgan fingerprint density at radius 3 is 1.30 bits per heavy atom. The minimum absolute atomic E-state index is 0.182. The molecule has 1 aliphatic rings. The van der Waals surface area contributed by atoms with E-state index in [2.05, 4.69) is 208 Å². The summed E-state index contributed by atoms with van der Waals surface area (Å²) < 4.78 is 0. The van der Waals surface area contributed by atoms with Crippen molar-refractivity contribution in [3.8, 4) is 44.5 Å². The molecule has 0 nitrogen and oxygen atoms in total. The Hall–Kier alpha value is -7.02. The number of benzene rings is 11. The van der Waals surface area contributed by atoms with Gasteiger partial charge in [0.25, 0.3) is 0 Å². The molecule has 0 heteroatoms. The van der Waals surface area contributed by atoms with Gasteiger partial charge in [0.1, 0.15) is 0 Å². The second kappa shape index (κ2) is 12.0. The van der Waals surface area contributed by atoms with Gasteiger partial charge in [-0.15, -0.1) is 0 Å². The lowest BCUT2D eigenvalue weighted by Crippen LogP contribution is -2.17. The molecule has 0 amide bonds. The molecule has 0 N–H and O–H groups in total. The molecule has 11 aromatic rings. The predicted octanol–water partition coefficient (Wildman–Crippen LogP) is 15.9. The van der Waals surface area contributed by atoms with Gasteiger partial charge in [0.15, 0.2) is 0 Å². The van der Waals surface area contributed by atoms with Crippen molar-refractivity contribution >= 4 is 64.6 Å². The lowest BCUT2D eigenvalue weighted by molar-refractivity contribution is 0.668. The first-order valence-corrected chi connectivity index (χ1v) is 20.1. The molecule has 0 spiro atoms. The highest BCUT2D eigenvalue weighted by atomic mass is 14.4. The van der Waals surface area contributed by atoms with Crippen LogP contribution in [-0.4, -0.2) is 0 Å². The zero-order chi connectivity index (χ0) is 37.8. The van der Waals surface area contributed by atoms with Crippen LogP contribution >= 0.6 is 0 Å². The normalized spacial score (nSPS) is 13.2. The molecule has 57 heavy (non-hydrogen) atoms. The molecule has 266 valence electrons. The van der Waals surface area contributed by atoms with Crippen LogP contribution in [0.1, 0.15) is 25.0 Å². The number of hydrogen-bond donors (Lipinski definition) is 0. The Balaban J connectivity index is 1.06. The maximum Gasteiger partial charge on any atom is 0.0171 e. The molecule has 0 atom stereocenters. The van der Waals surface area contributed by atoms with E-state index in [9.17, 15) is 0 Å². The van der Waals surface area contributed by atoms with Crippen molar-refractivity contribution in [2.45, 2.75) is 19.3 Å². The van der Waals surface area contributed by atoms with Crippen LogP contribution < -0.4 is 0 Å². The molecule has 0 bridgehead atoms. The molecule has 1 aliphatic carbocycles. The standard InChI is InChI=1S/C57H38/c1-57(2)55-39(28-15-29-50(55)54-44-22-9-7-19-41(44)42-20-8-14-27-49(42)56(54)57)35-30-32-36(33-31-35)52-45-23-10-12-25-47(45)53(48-26-13-11-24-46(48)52)51-34-37-16-3-4-17-38(37)40-18-5-6-21-43(40)51/h3-34H,1-2H3. The van der Waals surface area contributed by atoms with Crippen LogP contribution in [0.25, 0.3) is 109 Å². The number of rotatable bonds is 3. The van der Waals surface area contributed by atoms with Crippen molar-refractivity contribution in [2.75, 3.05) is 0 Å². The fourth-order valence-electron chi connectivity index (χ4n) is 10.7. The van der Waals surface area contributed by atoms with E-state index in [0.717, 1.165) is 0 Å². The molecular formula is C57H38. The van der Waals surface area contributed by atoms with E-state index < -0.39 is 0 Å². The highest BCUT2D eigenvalue weighted by Gasteiger charge is 2.40. The summed E-state index contributed by atoms with van der Waals surface area (Å²) >= 11 is 0. The van der Waals surface area contributed by atoms with Crippen molar-refractivity contribution in [2.24, 2.45) is 0 Å². The van der Waals surface area contributed by atoms with Crippen LogP contribution in [0.3, 0.4) is 0 Å². The van der Waals surface area contributed by atoms with Gasteiger partial charge in [-0.05, 0) is 126 Å². The van der Waals surface area contributed by atoms with Gasteiger partial charge in [-0.1, -0.05) is 202 Å². The molecule has 0 saturated carbocycles. The van der Waals surface area contributed by atoms with Gasteiger partial charge in [-0.2, -0.15) is 0 Å². The quantitative estimate of drug-likeness (QED) is 0.126. The summed E-state index contributed by atoms with van der Waals surface area (Å²) in [7, 11) is 0. The van der Waals surface area contributed by atoms with Crippen LogP contribution in [0, 0.1) is 0 Å². The van der Waals surface area contributed by atoms with E-state index in [1.165, 1.54) is 120 Å². The summed E-state index contributed by atoms with van der Waals surface area (Å²) in [6, 6.07) is 72.4. The maximum absolute atomic E-state index is 2.43. The second-order valence-corrected chi connectivity index (χ2v) is 16.3. The second-order valence-electron chi connectivity index (χ2n) is 16.3. The summed E-state index contributed by atoms with van der Waals surface area (Å²) in [4.78, 5) is 0. The first kappa shape index (κ1) is 32.2. The van der Waals surface area contributed by atoms with Crippen LogP contribution in [0.15, 0.2) is 194 Å². The first-order valence-electron chi connectivity index (χ1n) is 20.1. The Morgan fingerprint density at radius 1 is 0.263 bits per heavy atom. The van der Waals surface area contributed by atoms with Crippen molar-refractivity contribution in [1.29, 1.82) is 0 Å². The third kappa shape index (κ3) is 4.50. The van der Waals surface area contributed by atoms with Crippen LogP contribution in [0.5, 0.6) is 0 Å². The van der Waals surface area contributed by atoms with E-state index in [-0.39, 0.29) is 5.41 Å². The summed E-state index contributed by atoms with van der Waals surface area (Å²) in [5.74, 6) is 0. The zero-order valence-electron chi connectivity index (χ0n) is 32.0. The molecule has 11 aromatic carbocycles. The Morgan fingerprint density at radius 2 is 0.684 bits per heavy atom. The molecule has 12 rings (SSSR count). The zero-order valence-corrected chi connectivity index (χ0v) is 32.0. The highest BCUT2D eigenvalue weighted by Crippen LogP contribution is 2.57. The van der Waals surface area contributed by atoms with Gasteiger partial charge in [-0.3, -0.25) is 0 Å². The summed E-state index contributed by atoms with van der Waals surface area (Å²) in [5.41, 5.74) is 13.1. The fourth-order valence-corrected chi connectivity index (χ4v) is 10.7. The van der Waals surface area contributed by atoms with Crippen LogP contribution in [-0.2, 0) is 5.41 Å². The van der Waals surface area contributed by atoms with E-state index in [4.69, 9.17) is 0 Å². The average molecular weight is 723 g/mol. The van der Waals surface area contributed by atoms with Gasteiger partial charge in [0.05, 0.1) is 0 Å². The third-order valence-electron chi connectivity index (χ3n) is 13.0. The Kier molecular flexibility index (Phi) is 6.78. The van der Waals surface area contributed by atoms with Crippen molar-refractivity contribution in [1.82, 2.24) is 0 Å². The molecule has 0 heterocycles. The highest BCUT2D eigenvalue weighted by molar-refractivity contribution is 6.26. The van der Waals surface area contributed by atoms with E-state index in [1.54, 1.807) is 0 Å². The fraction of sp³-hybridized carbons (Fsp3) is 0.0526. The maximum atomic E-state index is 2.43. The van der Waals surface area contributed by atoms with Gasteiger partial charge in [-0.25, -0.2) is 0 Å². The topological polar surface area (TPSA) is 0 Å². The minimum Gasteiger partial charge on any atom is -0.0616 e. The SMILES string of the molecule is CC1(C)c2c(-c3ccc(-c4c5ccccc5c(-c5cc6ccccc6c6ccccc56)c5ccccc45)cc3)cccc2-c2c1c1ccccc1c1ccccc21. The molecule has 0 radical (unpaired) electrons. The van der Waals surface area contributed by atoms with E-state index >= 15 is 0 Å². The lowest BCUT2D eigenvalue weighted by atomic mass is 9.76. The van der Waals surface area contributed by atoms with Gasteiger partial charge in [0, 0.05) is 5.41 Å². The molecular weight excluding hydrogens is 685 g/mol. The van der Waals surface area contributed by atoms with Gasteiger partial charge in [0.2, 0.25) is 0 Å². The van der Waals surface area contributed by atoms with Crippen molar-refractivity contribution in [3.05, 3.63) is 205 Å². The predicted molar refractivity (Wildman–Crippen MR) is 245 cm³/mol. The van der Waals surface area contributed by atoms with E-state index in [1.807, 2.05) is 0 Å². The first-order chi connectivity index (χ1) is 28.1. The van der Waals surface area contributed by atoms with Crippen molar-refractivity contribution < 1.29 is 0 Å². The molecule has 0 unspecified atom stereocenters. The molecule has 0 aromatic heterocycles. The molecule has 0 fully saturated rings. The Labute approximate surface area is 332 Å². The molecule has 0 saturated heterocycles. The lowest BCUT2D eigenvalue weighted by Gasteiger charge is -2.26. The average Bonchev–Trinajstić information content (AvgIpc) is 3.52. The van der Waals surface area contributed by atoms with Gasteiger partial charge < -0.3 is 0 Å². The minimum atomic E-state index is -0.182. The third-order valence-corrected chi connectivity index (χ3v) is 13.0. The summed E-state index contributed by atoms with van der Waals surface area (Å²) in [6.07, 6.45) is 0. The van der Waals surface area contributed by atoms with E-state index in [0.29, 0.717) is 0 Å².